The Morgan fingerprint density at radius 3 is 2.96 bits per heavy atom. The number of amides is 1. The maximum absolute atomic E-state index is 13.1. The van der Waals surface area contributed by atoms with E-state index in [0.717, 1.165) is 11.8 Å². The first-order valence-electron chi connectivity index (χ1n) is 6.66. The molecule has 10 heteroatoms. The number of aromatic nitrogens is 3. The predicted molar refractivity (Wildman–Crippen MR) is 88.6 cm³/mol. The van der Waals surface area contributed by atoms with Crippen LogP contribution in [0.2, 0.25) is 5.02 Å². The van der Waals surface area contributed by atoms with Crippen LogP contribution >= 0.6 is 23.4 Å². The van der Waals surface area contributed by atoms with Crippen molar-refractivity contribution in [2.75, 3.05) is 16.9 Å². The molecule has 0 spiro atoms. The van der Waals surface area contributed by atoms with Crippen molar-refractivity contribution < 1.29 is 13.6 Å². The average Bonchev–Trinajstić information content (AvgIpc) is 3.19. The molecular formula is C14H11ClFN5O2S. The van der Waals surface area contributed by atoms with Crippen LogP contribution in [0.3, 0.4) is 0 Å². The predicted octanol–water partition coefficient (Wildman–Crippen LogP) is 2.78. The minimum Gasteiger partial charge on any atom is -0.461 e. The minimum absolute atomic E-state index is 0.0441. The van der Waals surface area contributed by atoms with Gasteiger partial charge in [0.2, 0.25) is 16.9 Å². The zero-order chi connectivity index (χ0) is 17.1. The van der Waals surface area contributed by atoms with Crippen LogP contribution in [0.5, 0.6) is 0 Å². The number of halogens is 2. The van der Waals surface area contributed by atoms with Gasteiger partial charge in [0, 0.05) is 5.69 Å². The Labute approximate surface area is 145 Å². The molecule has 0 saturated heterocycles. The maximum Gasteiger partial charge on any atom is 0.234 e. The third-order valence-corrected chi connectivity index (χ3v) is 4.17. The van der Waals surface area contributed by atoms with Gasteiger partial charge in [-0.1, -0.05) is 23.4 Å². The number of nitrogen functional groups attached to an aromatic ring is 1. The summed E-state index contributed by atoms with van der Waals surface area (Å²) in [4.78, 5) is 11.9. The van der Waals surface area contributed by atoms with E-state index in [0.29, 0.717) is 22.4 Å². The van der Waals surface area contributed by atoms with Crippen molar-refractivity contribution in [1.82, 2.24) is 14.9 Å². The van der Waals surface area contributed by atoms with Gasteiger partial charge in [0.25, 0.3) is 0 Å². The van der Waals surface area contributed by atoms with Gasteiger partial charge in [-0.05, 0) is 30.3 Å². The second kappa shape index (κ2) is 6.93. The Morgan fingerprint density at radius 1 is 1.42 bits per heavy atom. The van der Waals surface area contributed by atoms with Gasteiger partial charge in [-0.2, -0.15) is 0 Å². The van der Waals surface area contributed by atoms with Crippen LogP contribution in [0.4, 0.5) is 10.1 Å². The molecule has 3 aromatic rings. The number of furan rings is 1. The van der Waals surface area contributed by atoms with Gasteiger partial charge in [0.15, 0.2) is 5.76 Å². The fourth-order valence-corrected chi connectivity index (χ4v) is 2.69. The Morgan fingerprint density at radius 2 is 2.25 bits per heavy atom. The SMILES string of the molecule is Nn1c(SCC(=O)Nc2ccc(F)c(Cl)c2)nnc1-c1ccco1. The van der Waals surface area contributed by atoms with Crippen LogP contribution in [-0.2, 0) is 4.79 Å². The number of thioether (sulfide) groups is 1. The molecule has 3 rings (SSSR count). The van der Waals surface area contributed by atoms with Gasteiger partial charge in [0.1, 0.15) is 5.82 Å². The zero-order valence-corrected chi connectivity index (χ0v) is 13.6. The molecular weight excluding hydrogens is 357 g/mol. The number of nitrogens with zero attached hydrogens (tertiary/aromatic N) is 3. The zero-order valence-electron chi connectivity index (χ0n) is 12.1. The molecule has 0 radical (unpaired) electrons. The molecule has 7 nitrogen and oxygen atoms in total. The molecule has 3 N–H and O–H groups in total. The molecule has 124 valence electrons. The van der Waals surface area contributed by atoms with Crippen LogP contribution in [0, 0.1) is 5.82 Å². The fraction of sp³-hybridized carbons (Fsp3) is 0.0714. The van der Waals surface area contributed by atoms with Crippen LogP contribution in [0.1, 0.15) is 0 Å². The van der Waals surface area contributed by atoms with E-state index in [9.17, 15) is 9.18 Å². The van der Waals surface area contributed by atoms with E-state index in [-0.39, 0.29) is 16.7 Å². The summed E-state index contributed by atoms with van der Waals surface area (Å²) in [5.74, 6) is 5.90. The van der Waals surface area contributed by atoms with Crippen LogP contribution in [0.25, 0.3) is 11.6 Å². The summed E-state index contributed by atoms with van der Waals surface area (Å²) in [5.41, 5.74) is 0.400. The van der Waals surface area contributed by atoms with E-state index >= 15 is 0 Å². The highest BCUT2D eigenvalue weighted by Gasteiger charge is 2.15. The molecule has 0 fully saturated rings. The topological polar surface area (TPSA) is 99.0 Å². The number of hydrogen-bond acceptors (Lipinski definition) is 6. The monoisotopic (exact) mass is 367 g/mol. The van der Waals surface area contributed by atoms with Crippen molar-refractivity contribution in [2.24, 2.45) is 0 Å². The smallest absolute Gasteiger partial charge is 0.234 e. The molecule has 0 aliphatic heterocycles. The molecule has 1 aromatic carbocycles. The Kier molecular flexibility index (Phi) is 4.72. The summed E-state index contributed by atoms with van der Waals surface area (Å²) in [6.07, 6.45) is 1.50. The number of nitrogens with two attached hydrogens (primary N) is 1. The molecule has 1 amide bonds. The highest BCUT2D eigenvalue weighted by molar-refractivity contribution is 7.99. The lowest BCUT2D eigenvalue weighted by Crippen LogP contribution is -2.16. The van der Waals surface area contributed by atoms with Crippen LogP contribution < -0.4 is 11.2 Å². The lowest BCUT2D eigenvalue weighted by molar-refractivity contribution is -0.113. The normalized spacial score (nSPS) is 10.8. The molecule has 2 aromatic heterocycles. The first-order valence-corrected chi connectivity index (χ1v) is 8.03. The summed E-state index contributed by atoms with van der Waals surface area (Å²) in [6.45, 7) is 0. The molecule has 0 unspecified atom stereocenters. The summed E-state index contributed by atoms with van der Waals surface area (Å²) in [5, 5.41) is 10.7. The van der Waals surface area contributed by atoms with Crippen molar-refractivity contribution in [2.45, 2.75) is 5.16 Å². The third-order valence-electron chi connectivity index (χ3n) is 2.94. The first kappa shape index (κ1) is 16.3. The minimum atomic E-state index is -0.550. The van der Waals surface area contributed by atoms with Gasteiger partial charge < -0.3 is 15.6 Å². The van der Waals surface area contributed by atoms with Crippen LogP contribution in [0.15, 0.2) is 46.2 Å². The number of hydrogen-bond donors (Lipinski definition) is 2. The number of nitrogens with one attached hydrogen (secondary N) is 1. The number of benzene rings is 1. The molecule has 0 saturated carbocycles. The molecule has 0 aliphatic rings. The van der Waals surface area contributed by atoms with Gasteiger partial charge in [-0.3, -0.25) is 4.79 Å². The summed E-state index contributed by atoms with van der Waals surface area (Å²) in [7, 11) is 0. The number of carbonyl (C=O) groups is 1. The van der Waals surface area contributed by atoms with Crippen molar-refractivity contribution in [1.29, 1.82) is 0 Å². The maximum atomic E-state index is 13.1. The molecule has 24 heavy (non-hydrogen) atoms. The van der Waals surface area contributed by atoms with Gasteiger partial charge in [-0.25, -0.2) is 9.07 Å². The first-order chi connectivity index (χ1) is 11.5. The van der Waals surface area contributed by atoms with E-state index in [2.05, 4.69) is 15.5 Å². The Balaban J connectivity index is 1.61. The number of rotatable bonds is 5. The second-order valence-corrected chi connectivity index (χ2v) is 5.97. The third kappa shape index (κ3) is 3.52. The second-order valence-electron chi connectivity index (χ2n) is 4.62. The summed E-state index contributed by atoms with van der Waals surface area (Å²) < 4.78 is 19.5. The van der Waals surface area contributed by atoms with Gasteiger partial charge >= 0.3 is 0 Å². The lowest BCUT2D eigenvalue weighted by atomic mass is 10.3. The number of anilines is 1. The quantitative estimate of drug-likeness (QED) is 0.531. The Hall–Kier alpha value is -2.52. The average molecular weight is 368 g/mol. The van der Waals surface area contributed by atoms with E-state index < -0.39 is 5.82 Å². The fourth-order valence-electron chi connectivity index (χ4n) is 1.85. The summed E-state index contributed by atoms with van der Waals surface area (Å²) >= 11 is 6.77. The molecule has 0 atom stereocenters. The molecule has 2 heterocycles. The van der Waals surface area contributed by atoms with Crippen LogP contribution in [-0.4, -0.2) is 26.5 Å². The van der Waals surface area contributed by atoms with E-state index in [1.165, 1.54) is 29.1 Å². The Bertz CT molecular complexity index is 868. The number of carbonyl (C=O) groups excluding carboxylic acids is 1. The van der Waals surface area contributed by atoms with E-state index in [1.54, 1.807) is 12.1 Å². The van der Waals surface area contributed by atoms with Crippen molar-refractivity contribution in [3.8, 4) is 11.6 Å². The largest absolute Gasteiger partial charge is 0.461 e. The van der Waals surface area contributed by atoms with Gasteiger partial charge in [0.05, 0.1) is 17.0 Å². The van der Waals surface area contributed by atoms with E-state index in [1.807, 2.05) is 0 Å². The van der Waals surface area contributed by atoms with E-state index in [4.69, 9.17) is 21.9 Å². The van der Waals surface area contributed by atoms with Crippen molar-refractivity contribution in [3.05, 3.63) is 47.4 Å². The van der Waals surface area contributed by atoms with Crippen molar-refractivity contribution >= 4 is 35.0 Å². The van der Waals surface area contributed by atoms with Gasteiger partial charge in [-0.15, -0.1) is 10.2 Å². The highest BCUT2D eigenvalue weighted by atomic mass is 35.5. The molecule has 0 aliphatic carbocycles. The highest BCUT2D eigenvalue weighted by Crippen LogP contribution is 2.23. The standard InChI is InChI=1S/C14H11ClFN5O2S/c15-9-6-8(3-4-10(9)16)18-12(22)7-24-14-20-19-13(21(14)17)11-2-1-5-23-11/h1-6H,7,17H2,(H,18,22). The van der Waals surface area contributed by atoms with Crippen molar-refractivity contribution in [3.63, 3.8) is 0 Å². The molecule has 0 bridgehead atoms. The lowest BCUT2D eigenvalue weighted by Gasteiger charge is -2.06. The summed E-state index contributed by atoms with van der Waals surface area (Å²) in [6, 6.07) is 7.34.